The zero-order chi connectivity index (χ0) is 7.19. The van der Waals surface area contributed by atoms with Crippen LogP contribution in [0.15, 0.2) is 10.8 Å². The van der Waals surface area contributed by atoms with Gasteiger partial charge in [0, 0.05) is 6.42 Å². The summed E-state index contributed by atoms with van der Waals surface area (Å²) in [7, 11) is 0. The van der Waals surface area contributed by atoms with E-state index in [0.29, 0.717) is 0 Å². The Kier molecular flexibility index (Phi) is 0.882. The molecule has 5 heteroatoms. The van der Waals surface area contributed by atoms with E-state index in [1.54, 1.807) is 0 Å². The van der Waals surface area contributed by atoms with Crippen molar-refractivity contribution in [3.63, 3.8) is 0 Å². The number of nitrogens with zero attached hydrogens (tertiary/aromatic N) is 2. The van der Waals surface area contributed by atoms with Crippen molar-refractivity contribution in [2.45, 2.75) is 18.3 Å². The van der Waals surface area contributed by atoms with E-state index < -0.39 is 11.8 Å². The summed E-state index contributed by atoms with van der Waals surface area (Å²) in [5, 5.41) is 6.68. The second-order valence-electron chi connectivity index (χ2n) is 2.29. The highest BCUT2D eigenvalue weighted by molar-refractivity contribution is 5.12. The Morgan fingerprint density at radius 1 is 1.70 bits per heavy atom. The van der Waals surface area contributed by atoms with Crippen LogP contribution >= 0.6 is 0 Å². The number of hydrogen-bond acceptors (Lipinski definition) is 3. The third-order valence-corrected chi connectivity index (χ3v) is 1.50. The fourth-order valence-electron chi connectivity index (χ4n) is 0.815. The Labute approximate surface area is 55.1 Å². The molecule has 10 heavy (non-hydrogen) atoms. The predicted octanol–water partition coefficient (Wildman–Crippen LogP) is 1.19. The van der Waals surface area contributed by atoms with Crippen molar-refractivity contribution in [1.82, 2.24) is 10.2 Å². The van der Waals surface area contributed by atoms with E-state index in [1.165, 1.54) is 0 Å². The number of alkyl halides is 2. The van der Waals surface area contributed by atoms with Crippen LogP contribution in [0.4, 0.5) is 8.78 Å². The molecule has 0 radical (unpaired) electrons. The maximum Gasteiger partial charge on any atom is 0.260 e. The molecular weight excluding hydrogens is 142 g/mol. The Morgan fingerprint density at radius 3 is 2.80 bits per heavy atom. The molecule has 0 aromatic carbocycles. The SMILES string of the molecule is FC1(F)CC1c1nnco1. The molecule has 0 N–H and O–H groups in total. The first-order chi connectivity index (χ1) is 4.70. The maximum atomic E-state index is 12.2. The molecule has 0 amide bonds. The molecule has 0 spiro atoms. The predicted molar refractivity (Wildman–Crippen MR) is 26.6 cm³/mol. The largest absolute Gasteiger partial charge is 0.427 e. The fraction of sp³-hybridized carbons (Fsp3) is 0.600. The molecule has 54 valence electrons. The molecule has 1 aliphatic carbocycles. The van der Waals surface area contributed by atoms with E-state index in [9.17, 15) is 8.78 Å². The van der Waals surface area contributed by atoms with Gasteiger partial charge in [-0.2, -0.15) is 0 Å². The van der Waals surface area contributed by atoms with E-state index in [2.05, 4.69) is 14.6 Å². The zero-order valence-electron chi connectivity index (χ0n) is 4.92. The molecule has 1 aromatic heterocycles. The monoisotopic (exact) mass is 146 g/mol. The molecule has 1 aliphatic rings. The van der Waals surface area contributed by atoms with E-state index in [4.69, 9.17) is 0 Å². The minimum atomic E-state index is -2.60. The molecule has 1 heterocycles. The second kappa shape index (κ2) is 1.53. The molecule has 2 rings (SSSR count). The Balaban J connectivity index is 2.19. The summed E-state index contributed by atoms with van der Waals surface area (Å²) >= 11 is 0. The molecule has 1 atom stereocenters. The molecule has 3 nitrogen and oxygen atoms in total. The van der Waals surface area contributed by atoms with E-state index in [0.717, 1.165) is 6.39 Å². The topological polar surface area (TPSA) is 38.9 Å². The Hall–Kier alpha value is -1.00. The molecule has 1 unspecified atom stereocenters. The van der Waals surface area contributed by atoms with Crippen LogP contribution in [-0.2, 0) is 0 Å². The maximum absolute atomic E-state index is 12.2. The Bertz CT molecular complexity index is 234. The highest BCUT2D eigenvalue weighted by Crippen LogP contribution is 2.54. The first kappa shape index (κ1) is 5.76. The first-order valence-corrected chi connectivity index (χ1v) is 2.84. The standard InChI is InChI=1S/C5H4F2N2O/c6-5(7)1-3(5)4-9-8-2-10-4/h2-3H,1H2. The zero-order valence-corrected chi connectivity index (χ0v) is 4.92. The van der Waals surface area contributed by atoms with Crippen LogP contribution in [0.5, 0.6) is 0 Å². The van der Waals surface area contributed by atoms with E-state index in [-0.39, 0.29) is 12.3 Å². The van der Waals surface area contributed by atoms with E-state index >= 15 is 0 Å². The van der Waals surface area contributed by atoms with Crippen molar-refractivity contribution in [3.05, 3.63) is 12.3 Å². The third kappa shape index (κ3) is 0.698. The summed E-state index contributed by atoms with van der Waals surface area (Å²) < 4.78 is 29.1. The van der Waals surface area contributed by atoms with Crippen LogP contribution in [0.1, 0.15) is 18.2 Å². The van der Waals surface area contributed by atoms with Gasteiger partial charge in [-0.1, -0.05) is 0 Å². The Morgan fingerprint density at radius 2 is 2.40 bits per heavy atom. The van der Waals surface area contributed by atoms with Gasteiger partial charge in [0.15, 0.2) is 0 Å². The minimum Gasteiger partial charge on any atom is -0.427 e. The third-order valence-electron chi connectivity index (χ3n) is 1.50. The van der Waals surface area contributed by atoms with Crippen LogP contribution in [0.2, 0.25) is 0 Å². The number of hydrogen-bond donors (Lipinski definition) is 0. The van der Waals surface area contributed by atoms with Gasteiger partial charge >= 0.3 is 0 Å². The molecule has 0 bridgehead atoms. The van der Waals surface area contributed by atoms with Gasteiger partial charge < -0.3 is 4.42 Å². The summed E-state index contributed by atoms with van der Waals surface area (Å²) in [6, 6.07) is 0. The van der Waals surface area contributed by atoms with Gasteiger partial charge in [0.05, 0.1) is 0 Å². The van der Waals surface area contributed by atoms with Crippen LogP contribution in [0, 0.1) is 0 Å². The van der Waals surface area contributed by atoms with Gasteiger partial charge in [0.1, 0.15) is 5.92 Å². The van der Waals surface area contributed by atoms with Crippen molar-refractivity contribution in [1.29, 1.82) is 0 Å². The lowest BCUT2D eigenvalue weighted by Gasteiger charge is -1.87. The summed E-state index contributed by atoms with van der Waals surface area (Å²) in [5.74, 6) is -3.38. The lowest BCUT2D eigenvalue weighted by atomic mass is 10.4. The average Bonchev–Trinajstić information content (AvgIpc) is 2.31. The van der Waals surface area contributed by atoms with E-state index in [1.807, 2.05) is 0 Å². The van der Waals surface area contributed by atoms with Crippen molar-refractivity contribution in [3.8, 4) is 0 Å². The highest BCUT2D eigenvalue weighted by atomic mass is 19.3. The molecule has 1 aromatic rings. The van der Waals surface area contributed by atoms with Gasteiger partial charge in [-0.25, -0.2) is 8.78 Å². The summed E-state index contributed by atoms with van der Waals surface area (Å²) in [6.45, 7) is 0. The van der Waals surface area contributed by atoms with Gasteiger partial charge in [-0.05, 0) is 0 Å². The number of aromatic nitrogens is 2. The molecule has 1 fully saturated rings. The van der Waals surface area contributed by atoms with Crippen molar-refractivity contribution in [2.24, 2.45) is 0 Å². The van der Waals surface area contributed by atoms with Gasteiger partial charge in [0.25, 0.3) is 5.92 Å². The average molecular weight is 146 g/mol. The summed E-state index contributed by atoms with van der Waals surface area (Å²) in [4.78, 5) is 0. The highest BCUT2D eigenvalue weighted by Gasteiger charge is 2.60. The van der Waals surface area contributed by atoms with Crippen LogP contribution in [-0.4, -0.2) is 16.1 Å². The van der Waals surface area contributed by atoms with Crippen LogP contribution < -0.4 is 0 Å². The lowest BCUT2D eigenvalue weighted by Crippen LogP contribution is -1.92. The second-order valence-corrected chi connectivity index (χ2v) is 2.29. The molecule has 0 saturated heterocycles. The van der Waals surface area contributed by atoms with Crippen LogP contribution in [0.3, 0.4) is 0 Å². The smallest absolute Gasteiger partial charge is 0.260 e. The summed E-state index contributed by atoms with van der Waals surface area (Å²) in [6.07, 6.45) is 0.902. The van der Waals surface area contributed by atoms with Crippen molar-refractivity contribution in [2.75, 3.05) is 0 Å². The van der Waals surface area contributed by atoms with Gasteiger partial charge in [-0.3, -0.25) is 0 Å². The fourth-order valence-corrected chi connectivity index (χ4v) is 0.815. The number of halogens is 2. The quantitative estimate of drug-likeness (QED) is 0.597. The molecule has 1 saturated carbocycles. The lowest BCUT2D eigenvalue weighted by molar-refractivity contribution is 0.108. The van der Waals surface area contributed by atoms with Crippen molar-refractivity contribution < 1.29 is 13.2 Å². The molecular formula is C5H4F2N2O. The molecule has 0 aliphatic heterocycles. The number of rotatable bonds is 1. The first-order valence-electron chi connectivity index (χ1n) is 2.84. The minimum absolute atomic E-state index is 0.0463. The van der Waals surface area contributed by atoms with Gasteiger partial charge in [0.2, 0.25) is 12.3 Å². The van der Waals surface area contributed by atoms with Crippen molar-refractivity contribution >= 4 is 0 Å². The van der Waals surface area contributed by atoms with Crippen LogP contribution in [0.25, 0.3) is 0 Å². The summed E-state index contributed by atoms with van der Waals surface area (Å²) in [5.41, 5.74) is 0. The normalized spacial score (nSPS) is 28.4. The van der Waals surface area contributed by atoms with Gasteiger partial charge in [-0.15, -0.1) is 10.2 Å².